The molecule has 1 N–H and O–H groups in total. The van der Waals surface area contributed by atoms with Gasteiger partial charge in [-0.05, 0) is 38.1 Å². The highest BCUT2D eigenvalue weighted by molar-refractivity contribution is 5.89. The number of hydrogen-bond donors (Lipinski definition) is 1. The van der Waals surface area contributed by atoms with Crippen LogP contribution in [0.25, 0.3) is 0 Å². The highest BCUT2D eigenvalue weighted by Crippen LogP contribution is 2.15. The van der Waals surface area contributed by atoms with Gasteiger partial charge in [-0.3, -0.25) is 0 Å². The Labute approximate surface area is 95.8 Å². The third-order valence-corrected chi connectivity index (χ3v) is 2.12. The van der Waals surface area contributed by atoms with Crippen molar-refractivity contribution in [1.29, 1.82) is 0 Å². The Morgan fingerprint density at radius 2 is 1.94 bits per heavy atom. The first-order valence-corrected chi connectivity index (χ1v) is 4.93. The van der Waals surface area contributed by atoms with E-state index >= 15 is 0 Å². The molecule has 0 aromatic heterocycles. The number of ether oxygens (including phenoxy) is 1. The van der Waals surface area contributed by atoms with Crippen LogP contribution in [0.2, 0.25) is 0 Å². The zero-order valence-electron chi connectivity index (χ0n) is 9.70. The maximum absolute atomic E-state index is 11.2. The first-order chi connectivity index (χ1) is 7.48. The molecule has 0 heterocycles. The zero-order chi connectivity index (χ0) is 12.2. The summed E-state index contributed by atoms with van der Waals surface area (Å²) in [4.78, 5) is 11.2. The summed E-state index contributed by atoms with van der Waals surface area (Å²) >= 11 is 0. The number of terminal acetylenes is 1. The lowest BCUT2D eigenvalue weighted by Crippen LogP contribution is -2.28. The molecule has 3 heteroatoms. The fourth-order valence-electron chi connectivity index (χ4n) is 1.20. The second-order valence-corrected chi connectivity index (χ2v) is 3.96. The van der Waals surface area contributed by atoms with Gasteiger partial charge in [0.1, 0.15) is 0 Å². The molecule has 0 unspecified atom stereocenters. The quantitative estimate of drug-likeness (QED) is 0.623. The number of anilines is 1. The standard InChI is InChI=1S/C13H15NO2/c1-5-13(2,3)14-11-8-6-10(7-9-11)12(15)16-4/h1,6-9,14H,2-4H3. The van der Waals surface area contributed by atoms with Crippen molar-refractivity contribution in [3.63, 3.8) is 0 Å². The normalized spacial score (nSPS) is 10.4. The third kappa shape index (κ3) is 3.03. The van der Waals surface area contributed by atoms with Gasteiger partial charge in [-0.2, -0.15) is 0 Å². The van der Waals surface area contributed by atoms with Gasteiger partial charge in [0.2, 0.25) is 0 Å². The summed E-state index contributed by atoms with van der Waals surface area (Å²) in [7, 11) is 1.36. The Bertz CT molecular complexity index is 413. The van der Waals surface area contributed by atoms with Crippen molar-refractivity contribution in [3.05, 3.63) is 29.8 Å². The van der Waals surface area contributed by atoms with Crippen molar-refractivity contribution in [2.45, 2.75) is 19.4 Å². The third-order valence-electron chi connectivity index (χ3n) is 2.12. The largest absolute Gasteiger partial charge is 0.465 e. The number of benzene rings is 1. The molecule has 1 aromatic rings. The second-order valence-electron chi connectivity index (χ2n) is 3.96. The molecule has 0 aliphatic heterocycles. The van der Waals surface area contributed by atoms with Gasteiger partial charge in [0, 0.05) is 5.69 Å². The minimum absolute atomic E-state index is 0.345. The number of rotatable bonds is 3. The zero-order valence-corrected chi connectivity index (χ0v) is 9.70. The van der Waals surface area contributed by atoms with Gasteiger partial charge < -0.3 is 10.1 Å². The van der Waals surface area contributed by atoms with Crippen LogP contribution in [-0.2, 0) is 4.74 Å². The Kier molecular flexibility index (Phi) is 3.57. The minimum Gasteiger partial charge on any atom is -0.465 e. The van der Waals surface area contributed by atoms with Crippen LogP contribution in [0.3, 0.4) is 0 Å². The van der Waals surface area contributed by atoms with Gasteiger partial charge in [0.25, 0.3) is 0 Å². The van der Waals surface area contributed by atoms with E-state index in [0.717, 1.165) is 5.69 Å². The monoisotopic (exact) mass is 217 g/mol. The van der Waals surface area contributed by atoms with E-state index in [4.69, 9.17) is 6.42 Å². The average molecular weight is 217 g/mol. The van der Waals surface area contributed by atoms with Crippen molar-refractivity contribution in [1.82, 2.24) is 0 Å². The summed E-state index contributed by atoms with van der Waals surface area (Å²) in [5.74, 6) is 2.29. The summed E-state index contributed by atoms with van der Waals surface area (Å²) in [5, 5.41) is 3.16. The number of nitrogens with one attached hydrogen (secondary N) is 1. The molecule has 0 saturated carbocycles. The topological polar surface area (TPSA) is 38.3 Å². The highest BCUT2D eigenvalue weighted by Gasteiger charge is 2.13. The molecule has 0 aliphatic rings. The molecule has 0 saturated heterocycles. The van der Waals surface area contributed by atoms with Crippen molar-refractivity contribution in [2.75, 3.05) is 12.4 Å². The molecule has 0 radical (unpaired) electrons. The van der Waals surface area contributed by atoms with Crippen molar-refractivity contribution in [2.24, 2.45) is 0 Å². The van der Waals surface area contributed by atoms with Crippen LogP contribution in [0.15, 0.2) is 24.3 Å². The van der Waals surface area contributed by atoms with Gasteiger partial charge >= 0.3 is 5.97 Å². The van der Waals surface area contributed by atoms with Crippen LogP contribution in [-0.4, -0.2) is 18.6 Å². The molecule has 0 atom stereocenters. The summed E-state index contributed by atoms with van der Waals surface area (Å²) in [6.07, 6.45) is 5.37. The van der Waals surface area contributed by atoms with E-state index in [9.17, 15) is 4.79 Å². The molecule has 16 heavy (non-hydrogen) atoms. The van der Waals surface area contributed by atoms with E-state index in [2.05, 4.69) is 16.0 Å². The van der Waals surface area contributed by atoms with E-state index in [1.54, 1.807) is 24.3 Å². The lowest BCUT2D eigenvalue weighted by molar-refractivity contribution is 0.0601. The summed E-state index contributed by atoms with van der Waals surface area (Å²) in [5.41, 5.74) is 0.981. The Balaban J connectivity index is 2.81. The van der Waals surface area contributed by atoms with Gasteiger partial charge in [0.15, 0.2) is 0 Å². The molecule has 0 aliphatic carbocycles. The first-order valence-electron chi connectivity index (χ1n) is 4.93. The van der Waals surface area contributed by atoms with E-state index in [1.807, 2.05) is 13.8 Å². The smallest absolute Gasteiger partial charge is 0.337 e. The maximum Gasteiger partial charge on any atom is 0.337 e. The lowest BCUT2D eigenvalue weighted by Gasteiger charge is -2.21. The molecule has 1 aromatic carbocycles. The van der Waals surface area contributed by atoms with Gasteiger partial charge in [-0.1, -0.05) is 5.92 Å². The van der Waals surface area contributed by atoms with Gasteiger partial charge in [-0.15, -0.1) is 6.42 Å². The molecular weight excluding hydrogens is 202 g/mol. The number of esters is 1. The van der Waals surface area contributed by atoms with E-state index in [-0.39, 0.29) is 5.97 Å². The summed E-state index contributed by atoms with van der Waals surface area (Å²) in [6, 6.07) is 6.98. The van der Waals surface area contributed by atoms with Crippen LogP contribution in [0.5, 0.6) is 0 Å². The molecule has 0 fully saturated rings. The molecule has 0 bridgehead atoms. The Morgan fingerprint density at radius 3 is 2.38 bits per heavy atom. The summed E-state index contributed by atoms with van der Waals surface area (Å²) < 4.78 is 4.61. The molecule has 0 amide bonds. The predicted molar refractivity (Wildman–Crippen MR) is 64.3 cm³/mol. The Morgan fingerprint density at radius 1 is 1.38 bits per heavy atom. The van der Waals surface area contributed by atoms with Crippen LogP contribution in [0.1, 0.15) is 24.2 Å². The number of carbonyl (C=O) groups is 1. The molecule has 84 valence electrons. The first kappa shape index (κ1) is 12.1. The number of methoxy groups -OCH3 is 1. The molecule has 1 rings (SSSR count). The number of hydrogen-bond acceptors (Lipinski definition) is 3. The highest BCUT2D eigenvalue weighted by atomic mass is 16.5. The van der Waals surface area contributed by atoms with Crippen LogP contribution >= 0.6 is 0 Å². The van der Waals surface area contributed by atoms with E-state index in [1.165, 1.54) is 7.11 Å². The van der Waals surface area contributed by atoms with E-state index in [0.29, 0.717) is 5.56 Å². The van der Waals surface area contributed by atoms with Crippen LogP contribution in [0, 0.1) is 12.3 Å². The fraction of sp³-hybridized carbons (Fsp3) is 0.308. The molecule has 3 nitrogen and oxygen atoms in total. The van der Waals surface area contributed by atoms with Crippen LogP contribution < -0.4 is 5.32 Å². The number of carbonyl (C=O) groups excluding carboxylic acids is 1. The molecular formula is C13H15NO2. The van der Waals surface area contributed by atoms with Crippen molar-refractivity contribution >= 4 is 11.7 Å². The van der Waals surface area contributed by atoms with Crippen LogP contribution in [0.4, 0.5) is 5.69 Å². The van der Waals surface area contributed by atoms with Gasteiger partial charge in [-0.25, -0.2) is 4.79 Å². The second kappa shape index (κ2) is 4.71. The van der Waals surface area contributed by atoms with Crippen molar-refractivity contribution in [3.8, 4) is 12.3 Å². The van der Waals surface area contributed by atoms with E-state index < -0.39 is 5.54 Å². The summed E-state index contributed by atoms with van der Waals surface area (Å²) in [6.45, 7) is 3.81. The van der Waals surface area contributed by atoms with Crippen molar-refractivity contribution < 1.29 is 9.53 Å². The fourth-order valence-corrected chi connectivity index (χ4v) is 1.20. The SMILES string of the molecule is C#CC(C)(C)Nc1ccc(C(=O)OC)cc1. The maximum atomic E-state index is 11.2. The lowest BCUT2D eigenvalue weighted by atomic mass is 10.1. The average Bonchev–Trinajstić information content (AvgIpc) is 2.28. The minimum atomic E-state index is -0.410. The predicted octanol–water partition coefficient (Wildman–Crippen LogP) is 2.30. The van der Waals surface area contributed by atoms with Gasteiger partial charge in [0.05, 0.1) is 18.2 Å². The Hall–Kier alpha value is -1.95. The molecule has 0 spiro atoms.